The molecule has 0 radical (unpaired) electrons. The molecular formula is C30H33FN6. The van der Waals surface area contributed by atoms with Crippen LogP contribution in [-0.2, 0) is 13.1 Å². The van der Waals surface area contributed by atoms with Crippen molar-refractivity contribution in [3.05, 3.63) is 101 Å². The Bertz CT molecular complexity index is 1350. The van der Waals surface area contributed by atoms with Crippen molar-refractivity contribution in [2.45, 2.75) is 39.3 Å². The maximum Gasteiger partial charge on any atom is 0.131 e. The third-order valence-electron chi connectivity index (χ3n) is 7.49. The molecule has 4 heterocycles. The van der Waals surface area contributed by atoms with Crippen molar-refractivity contribution in [2.75, 3.05) is 19.8 Å². The summed E-state index contributed by atoms with van der Waals surface area (Å²) in [7, 11) is 0. The van der Waals surface area contributed by atoms with Crippen molar-refractivity contribution >= 4 is 5.71 Å². The third kappa shape index (κ3) is 5.02. The van der Waals surface area contributed by atoms with E-state index in [1.807, 2.05) is 24.5 Å². The van der Waals surface area contributed by atoms with E-state index in [4.69, 9.17) is 4.99 Å². The molecule has 1 fully saturated rings. The fourth-order valence-electron chi connectivity index (χ4n) is 5.52. The van der Waals surface area contributed by atoms with E-state index in [1.165, 1.54) is 19.3 Å². The molecule has 1 aromatic carbocycles. The molecule has 0 amide bonds. The second kappa shape index (κ2) is 10.4. The standard InChI is InChI=1S/C30H33FN6/c1-20-7-3-4-8-27-29(20)36-28(17-34-27)30-25-13-24(26(31)12-23(25)16-33-19-35-30)22-11-21(14-32-15-22)18-37-9-5-2-6-10-37/h3-4,7-8,11-15,17,20,33-34,36H,2,5-6,9-10,16,18-19H2,1H3. The molecule has 0 saturated carbocycles. The van der Waals surface area contributed by atoms with Crippen LogP contribution in [0.15, 0.2) is 83.2 Å². The van der Waals surface area contributed by atoms with E-state index >= 15 is 4.39 Å². The Morgan fingerprint density at radius 1 is 1.05 bits per heavy atom. The first-order valence-electron chi connectivity index (χ1n) is 13.2. The number of aliphatic imine (C=N–C) groups is 1. The molecule has 0 bridgehead atoms. The van der Waals surface area contributed by atoms with E-state index in [1.54, 1.807) is 12.3 Å². The number of benzene rings is 1. The molecule has 1 aliphatic carbocycles. The van der Waals surface area contributed by atoms with E-state index in [0.717, 1.165) is 64.7 Å². The fourth-order valence-corrected chi connectivity index (χ4v) is 5.52. The number of pyridine rings is 1. The summed E-state index contributed by atoms with van der Waals surface area (Å²) in [5.41, 5.74) is 8.15. The van der Waals surface area contributed by atoms with Crippen molar-refractivity contribution in [1.82, 2.24) is 25.8 Å². The molecule has 3 N–H and O–H groups in total. The average Bonchev–Trinajstić information content (AvgIpc) is 3.24. The number of halogens is 1. The molecule has 37 heavy (non-hydrogen) atoms. The van der Waals surface area contributed by atoms with Crippen molar-refractivity contribution in [3.8, 4) is 11.1 Å². The minimum Gasteiger partial charge on any atom is -0.358 e. The summed E-state index contributed by atoms with van der Waals surface area (Å²) in [5, 5.41) is 10.4. The van der Waals surface area contributed by atoms with Crippen LogP contribution < -0.4 is 16.0 Å². The highest BCUT2D eigenvalue weighted by Crippen LogP contribution is 2.30. The second-order valence-electron chi connectivity index (χ2n) is 10.2. The summed E-state index contributed by atoms with van der Waals surface area (Å²) in [6, 6.07) is 5.68. The lowest BCUT2D eigenvalue weighted by molar-refractivity contribution is 0.220. The molecule has 6 rings (SSSR count). The molecule has 1 atom stereocenters. The SMILES string of the molecule is CC1C=CC=CC2=C1NC(C1=NCNCc3cc(F)c(-c4cncc(CN5CCCCC5)c4)cc31)=CN2. The van der Waals surface area contributed by atoms with Gasteiger partial charge < -0.3 is 10.6 Å². The molecule has 6 nitrogen and oxygen atoms in total. The zero-order chi connectivity index (χ0) is 25.2. The lowest BCUT2D eigenvalue weighted by Gasteiger charge is -2.26. The Kier molecular flexibility index (Phi) is 6.72. The lowest BCUT2D eigenvalue weighted by Crippen LogP contribution is -2.32. The van der Waals surface area contributed by atoms with Gasteiger partial charge in [-0.1, -0.05) is 31.6 Å². The van der Waals surface area contributed by atoms with Crippen molar-refractivity contribution in [3.63, 3.8) is 0 Å². The predicted molar refractivity (Wildman–Crippen MR) is 146 cm³/mol. The molecule has 3 aliphatic heterocycles. The summed E-state index contributed by atoms with van der Waals surface area (Å²) in [4.78, 5) is 11.8. The molecule has 0 spiro atoms. The monoisotopic (exact) mass is 496 g/mol. The number of nitrogens with zero attached hydrogens (tertiary/aromatic N) is 3. The number of rotatable bonds is 4. The molecule has 1 unspecified atom stereocenters. The maximum absolute atomic E-state index is 15.5. The zero-order valence-electron chi connectivity index (χ0n) is 21.2. The predicted octanol–water partition coefficient (Wildman–Crippen LogP) is 4.73. The third-order valence-corrected chi connectivity index (χ3v) is 7.49. The average molecular weight is 497 g/mol. The Labute approximate surface area is 217 Å². The van der Waals surface area contributed by atoms with Gasteiger partial charge in [-0.2, -0.15) is 0 Å². The van der Waals surface area contributed by atoms with E-state index < -0.39 is 0 Å². The van der Waals surface area contributed by atoms with E-state index in [2.05, 4.69) is 57.1 Å². The van der Waals surface area contributed by atoms with Gasteiger partial charge in [-0.25, -0.2) is 4.39 Å². The second-order valence-corrected chi connectivity index (χ2v) is 10.2. The molecule has 2 aromatic rings. The number of hydrogen-bond donors (Lipinski definition) is 3. The van der Waals surface area contributed by atoms with Crippen molar-refractivity contribution in [1.29, 1.82) is 0 Å². The molecule has 1 saturated heterocycles. The van der Waals surface area contributed by atoms with Gasteiger partial charge in [0.25, 0.3) is 0 Å². The number of fused-ring (bicyclic) bond motifs is 1. The van der Waals surface area contributed by atoms with Crippen molar-refractivity contribution in [2.24, 2.45) is 10.9 Å². The maximum atomic E-state index is 15.5. The van der Waals surface area contributed by atoms with Gasteiger partial charge in [-0.05, 0) is 61.3 Å². The lowest BCUT2D eigenvalue weighted by atomic mass is 9.94. The Morgan fingerprint density at radius 2 is 1.95 bits per heavy atom. The van der Waals surface area contributed by atoms with Crippen LogP contribution in [0.3, 0.4) is 0 Å². The first kappa shape index (κ1) is 23.8. The first-order valence-corrected chi connectivity index (χ1v) is 13.2. The Hall–Kier alpha value is -3.55. The van der Waals surface area contributed by atoms with E-state index in [-0.39, 0.29) is 11.7 Å². The molecule has 190 valence electrons. The number of piperidine rings is 1. The number of aromatic nitrogens is 1. The topological polar surface area (TPSA) is 64.6 Å². The van der Waals surface area contributed by atoms with E-state index in [0.29, 0.717) is 18.8 Å². The van der Waals surface area contributed by atoms with Crippen molar-refractivity contribution < 1.29 is 4.39 Å². The summed E-state index contributed by atoms with van der Waals surface area (Å²) in [6.45, 7) is 6.27. The van der Waals surface area contributed by atoms with Crippen LogP contribution in [0.25, 0.3) is 11.1 Å². The summed E-state index contributed by atoms with van der Waals surface area (Å²) >= 11 is 0. The van der Waals surface area contributed by atoms with Gasteiger partial charge in [-0.15, -0.1) is 0 Å². The molecule has 7 heteroatoms. The smallest absolute Gasteiger partial charge is 0.131 e. The van der Waals surface area contributed by atoms with Crippen LogP contribution in [0.4, 0.5) is 4.39 Å². The number of hydrogen-bond acceptors (Lipinski definition) is 6. The van der Waals surface area contributed by atoms with Gasteiger partial charge in [0.1, 0.15) is 5.82 Å². The molecular weight excluding hydrogens is 463 g/mol. The van der Waals surface area contributed by atoms with E-state index in [9.17, 15) is 0 Å². The summed E-state index contributed by atoms with van der Waals surface area (Å²) in [5.74, 6) is -0.0113. The van der Waals surface area contributed by atoms with Gasteiger partial charge in [0.15, 0.2) is 0 Å². The molecule has 4 aliphatic rings. The Balaban J connectivity index is 1.33. The largest absolute Gasteiger partial charge is 0.358 e. The molecule has 1 aromatic heterocycles. The van der Waals surface area contributed by atoms with Gasteiger partial charge in [0.05, 0.1) is 23.8 Å². The highest BCUT2D eigenvalue weighted by Gasteiger charge is 2.25. The number of allylic oxidation sites excluding steroid dienone is 5. The fraction of sp³-hybridized carbons (Fsp3) is 0.333. The Morgan fingerprint density at radius 3 is 2.84 bits per heavy atom. The quantitative estimate of drug-likeness (QED) is 0.571. The zero-order valence-corrected chi connectivity index (χ0v) is 21.2. The van der Waals surface area contributed by atoms with Crippen LogP contribution in [0.2, 0.25) is 0 Å². The number of nitrogens with one attached hydrogen (secondary N) is 3. The van der Waals surface area contributed by atoms with Crippen LogP contribution >= 0.6 is 0 Å². The highest BCUT2D eigenvalue weighted by atomic mass is 19.1. The van der Waals surface area contributed by atoms with Gasteiger partial charge >= 0.3 is 0 Å². The highest BCUT2D eigenvalue weighted by molar-refractivity contribution is 6.14. The number of likely N-dealkylation sites (tertiary alicyclic amines) is 1. The van der Waals surface area contributed by atoms with Crippen LogP contribution in [0.5, 0.6) is 0 Å². The van der Waals surface area contributed by atoms with Gasteiger partial charge in [-0.3, -0.25) is 20.2 Å². The first-order chi connectivity index (χ1) is 18.2. The van der Waals surface area contributed by atoms with Crippen LogP contribution in [0.1, 0.15) is 42.9 Å². The van der Waals surface area contributed by atoms with Crippen LogP contribution in [-0.4, -0.2) is 35.4 Å². The minimum absolute atomic E-state index is 0.225. The van der Waals surface area contributed by atoms with Gasteiger partial charge in [0.2, 0.25) is 0 Å². The summed E-state index contributed by atoms with van der Waals surface area (Å²) in [6.07, 6.45) is 17.7. The van der Waals surface area contributed by atoms with Crippen LogP contribution in [0, 0.1) is 11.7 Å². The minimum atomic E-state index is -0.236. The van der Waals surface area contributed by atoms with Gasteiger partial charge in [0, 0.05) is 60.0 Å². The normalized spacial score (nSPS) is 21.6. The summed E-state index contributed by atoms with van der Waals surface area (Å²) < 4.78 is 15.5.